The van der Waals surface area contributed by atoms with Crippen molar-refractivity contribution in [2.45, 2.75) is 51.1 Å². The summed E-state index contributed by atoms with van der Waals surface area (Å²) in [7, 11) is 1.71. The van der Waals surface area contributed by atoms with Crippen LogP contribution < -0.4 is 9.64 Å². The number of piperidine rings is 3. The van der Waals surface area contributed by atoms with Crippen LogP contribution in [-0.4, -0.2) is 48.1 Å². The Balaban J connectivity index is 1.46. The van der Waals surface area contributed by atoms with Gasteiger partial charge in [0.2, 0.25) is 5.91 Å². The zero-order valence-corrected chi connectivity index (χ0v) is 18.0. The lowest BCUT2D eigenvalue weighted by atomic mass is 9.70. The lowest BCUT2D eigenvalue weighted by molar-refractivity contribution is -0.148. The molecule has 1 aromatic carbocycles. The Morgan fingerprint density at radius 1 is 1.13 bits per heavy atom. The molecule has 4 heterocycles. The molecule has 3 saturated heterocycles. The molecule has 1 aromatic heterocycles. The molecule has 3 aliphatic heterocycles. The normalized spacial score (nSPS) is 28.3. The van der Waals surface area contributed by atoms with Gasteiger partial charge in [0.1, 0.15) is 11.6 Å². The molecule has 0 spiro atoms. The summed E-state index contributed by atoms with van der Waals surface area (Å²) in [6, 6.07) is 15.2. The van der Waals surface area contributed by atoms with Crippen molar-refractivity contribution in [2.75, 3.05) is 25.1 Å². The second kappa shape index (κ2) is 7.93. The molecule has 2 bridgehead atoms. The molecular weight excluding hydrogens is 374 g/mol. The fraction of sp³-hybridized carbons (Fsp3) is 0.520. The van der Waals surface area contributed by atoms with Gasteiger partial charge in [0, 0.05) is 37.3 Å². The van der Waals surface area contributed by atoms with Gasteiger partial charge in [-0.25, -0.2) is 4.98 Å². The Morgan fingerprint density at radius 3 is 2.80 bits per heavy atom. The van der Waals surface area contributed by atoms with Crippen LogP contribution in [0.4, 0.5) is 5.82 Å². The number of nitrogens with zero attached hydrogens (tertiary/aromatic N) is 3. The van der Waals surface area contributed by atoms with E-state index in [-0.39, 0.29) is 6.04 Å². The Morgan fingerprint density at radius 2 is 1.97 bits per heavy atom. The fourth-order valence-corrected chi connectivity index (χ4v) is 5.97. The van der Waals surface area contributed by atoms with Gasteiger partial charge in [-0.1, -0.05) is 18.2 Å². The van der Waals surface area contributed by atoms with E-state index < -0.39 is 0 Å². The maximum absolute atomic E-state index is 13.1. The lowest BCUT2D eigenvalue weighted by Crippen LogP contribution is -2.65. The maximum Gasteiger partial charge on any atom is 0.223 e. The highest BCUT2D eigenvalue weighted by atomic mass is 16.5. The number of fused-ring (bicyclic) bond motifs is 4. The molecule has 5 heteroatoms. The molecule has 30 heavy (non-hydrogen) atoms. The number of anilines is 1. The van der Waals surface area contributed by atoms with Crippen LogP contribution in [0.3, 0.4) is 0 Å². The number of methoxy groups -OCH3 is 1. The third-order valence-corrected chi connectivity index (χ3v) is 7.27. The SMILES string of the molecule is COc1cccc(C[C@H]2[C@H]3C[C@H](CN(c4cccc(C)n4)C3)[C@@H]3CCCC(=O)N32)c1. The van der Waals surface area contributed by atoms with Crippen molar-refractivity contribution in [3.05, 3.63) is 53.7 Å². The van der Waals surface area contributed by atoms with Gasteiger partial charge in [-0.15, -0.1) is 0 Å². The number of rotatable bonds is 4. The molecule has 4 atom stereocenters. The van der Waals surface area contributed by atoms with Gasteiger partial charge in [0.15, 0.2) is 0 Å². The second-order valence-electron chi connectivity index (χ2n) is 9.18. The van der Waals surface area contributed by atoms with Gasteiger partial charge < -0.3 is 14.5 Å². The number of pyridine rings is 1. The number of benzene rings is 1. The van der Waals surface area contributed by atoms with Crippen molar-refractivity contribution < 1.29 is 9.53 Å². The zero-order chi connectivity index (χ0) is 20.7. The van der Waals surface area contributed by atoms with Crippen LogP contribution in [0.15, 0.2) is 42.5 Å². The molecule has 0 saturated carbocycles. The summed E-state index contributed by atoms with van der Waals surface area (Å²) in [6.45, 7) is 4.03. The number of carbonyl (C=O) groups is 1. The first kappa shape index (κ1) is 19.4. The fourth-order valence-electron chi connectivity index (χ4n) is 5.97. The van der Waals surface area contributed by atoms with Crippen molar-refractivity contribution in [1.82, 2.24) is 9.88 Å². The van der Waals surface area contributed by atoms with Crippen LogP contribution in [0.1, 0.15) is 36.9 Å². The molecule has 158 valence electrons. The van der Waals surface area contributed by atoms with Crippen LogP contribution in [0.25, 0.3) is 0 Å². The van der Waals surface area contributed by atoms with E-state index in [0.717, 1.165) is 49.6 Å². The predicted molar refractivity (Wildman–Crippen MR) is 118 cm³/mol. The van der Waals surface area contributed by atoms with Crippen LogP contribution in [0.5, 0.6) is 5.75 Å². The summed E-state index contributed by atoms with van der Waals surface area (Å²) in [5.41, 5.74) is 2.31. The van der Waals surface area contributed by atoms with E-state index in [4.69, 9.17) is 9.72 Å². The van der Waals surface area contributed by atoms with E-state index in [9.17, 15) is 4.79 Å². The number of amides is 1. The number of hydrogen-bond acceptors (Lipinski definition) is 4. The van der Waals surface area contributed by atoms with Crippen molar-refractivity contribution in [1.29, 1.82) is 0 Å². The largest absolute Gasteiger partial charge is 0.497 e. The quantitative estimate of drug-likeness (QED) is 0.775. The number of carbonyl (C=O) groups excluding carboxylic acids is 1. The second-order valence-corrected chi connectivity index (χ2v) is 9.18. The average Bonchev–Trinajstić information content (AvgIpc) is 2.77. The molecule has 1 amide bonds. The number of aromatic nitrogens is 1. The molecule has 5 rings (SSSR count). The van der Waals surface area contributed by atoms with Crippen LogP contribution >= 0.6 is 0 Å². The minimum absolute atomic E-state index is 0.249. The molecule has 3 aliphatic rings. The molecule has 2 aromatic rings. The van der Waals surface area contributed by atoms with E-state index in [1.807, 2.05) is 6.07 Å². The van der Waals surface area contributed by atoms with Gasteiger partial charge in [-0.3, -0.25) is 4.79 Å². The molecular formula is C25H31N3O2. The summed E-state index contributed by atoms with van der Waals surface area (Å²) in [4.78, 5) is 22.6. The van der Waals surface area contributed by atoms with Gasteiger partial charge in [0.05, 0.1) is 7.11 Å². The summed E-state index contributed by atoms with van der Waals surface area (Å²) in [6.07, 6.45) is 4.97. The van der Waals surface area contributed by atoms with Crippen molar-refractivity contribution in [3.8, 4) is 5.75 Å². The third-order valence-electron chi connectivity index (χ3n) is 7.27. The summed E-state index contributed by atoms with van der Waals surface area (Å²) >= 11 is 0. The molecule has 0 unspecified atom stereocenters. The molecule has 5 nitrogen and oxygen atoms in total. The highest BCUT2D eigenvalue weighted by Gasteiger charge is 2.49. The molecule has 0 N–H and O–H groups in total. The van der Waals surface area contributed by atoms with Crippen LogP contribution in [0.2, 0.25) is 0 Å². The number of aryl methyl sites for hydroxylation is 1. The Labute approximate surface area is 179 Å². The van der Waals surface area contributed by atoms with Crippen molar-refractivity contribution in [3.63, 3.8) is 0 Å². The standard InChI is InChI=1S/C25H31N3O2/c1-17-6-3-10-24(26-17)27-15-19-14-20(16-27)23(28-22(19)9-5-11-25(28)29)13-18-7-4-8-21(12-18)30-2/h3-4,6-8,10,12,19-20,22-23H,5,9,11,13-16H2,1-2H3/t19-,20+,22+,23+/m1/s1. The highest BCUT2D eigenvalue weighted by Crippen LogP contribution is 2.43. The first-order valence-corrected chi connectivity index (χ1v) is 11.2. The minimum atomic E-state index is 0.249. The first-order chi connectivity index (χ1) is 14.6. The Bertz CT molecular complexity index is 930. The Hall–Kier alpha value is -2.56. The van der Waals surface area contributed by atoms with Crippen molar-refractivity contribution in [2.24, 2.45) is 11.8 Å². The van der Waals surface area contributed by atoms with E-state index in [1.54, 1.807) is 7.11 Å². The smallest absolute Gasteiger partial charge is 0.223 e. The summed E-state index contributed by atoms with van der Waals surface area (Å²) < 4.78 is 5.44. The topological polar surface area (TPSA) is 45.7 Å². The van der Waals surface area contributed by atoms with Crippen LogP contribution in [-0.2, 0) is 11.2 Å². The summed E-state index contributed by atoms with van der Waals surface area (Å²) in [5, 5.41) is 0. The molecule has 3 fully saturated rings. The maximum atomic E-state index is 13.1. The monoisotopic (exact) mass is 405 g/mol. The zero-order valence-electron chi connectivity index (χ0n) is 18.0. The van der Waals surface area contributed by atoms with Crippen LogP contribution in [0, 0.1) is 18.8 Å². The average molecular weight is 406 g/mol. The third kappa shape index (κ3) is 3.55. The predicted octanol–water partition coefficient (Wildman–Crippen LogP) is 3.85. The highest BCUT2D eigenvalue weighted by molar-refractivity contribution is 5.78. The molecule has 0 radical (unpaired) electrons. The van der Waals surface area contributed by atoms with Gasteiger partial charge in [-0.2, -0.15) is 0 Å². The van der Waals surface area contributed by atoms with Gasteiger partial charge in [-0.05, 0) is 74.3 Å². The van der Waals surface area contributed by atoms with Crippen molar-refractivity contribution >= 4 is 11.7 Å². The summed E-state index contributed by atoms with van der Waals surface area (Å²) in [5.74, 6) is 3.33. The first-order valence-electron chi connectivity index (χ1n) is 11.2. The van der Waals surface area contributed by atoms with E-state index in [2.05, 4.69) is 53.1 Å². The molecule has 0 aliphatic carbocycles. The Kier molecular flexibility index (Phi) is 5.13. The van der Waals surface area contributed by atoms with Gasteiger partial charge in [0.25, 0.3) is 0 Å². The van der Waals surface area contributed by atoms with E-state index in [1.165, 1.54) is 12.0 Å². The van der Waals surface area contributed by atoms with Gasteiger partial charge >= 0.3 is 0 Å². The number of ether oxygens (including phenoxy) is 1. The van der Waals surface area contributed by atoms with E-state index in [0.29, 0.717) is 30.2 Å². The lowest BCUT2D eigenvalue weighted by Gasteiger charge is -2.57. The number of hydrogen-bond donors (Lipinski definition) is 0. The minimum Gasteiger partial charge on any atom is -0.497 e. The van der Waals surface area contributed by atoms with E-state index >= 15 is 0 Å².